The first-order valence-electron chi connectivity index (χ1n) is 7.84. The molecule has 1 N–H and O–H groups in total. The van der Waals surface area contributed by atoms with E-state index in [-0.39, 0.29) is 0 Å². The molecule has 1 saturated carbocycles. The number of hydrogen-bond acceptors (Lipinski definition) is 3. The summed E-state index contributed by atoms with van der Waals surface area (Å²) in [6, 6.07) is 2.17. The Kier molecular flexibility index (Phi) is 5.46. The molecule has 0 amide bonds. The Balaban J connectivity index is 1.77. The Hall–Kier alpha value is -0.120. The Morgan fingerprint density at radius 2 is 1.89 bits per heavy atom. The summed E-state index contributed by atoms with van der Waals surface area (Å²) < 4.78 is 0. The van der Waals surface area contributed by atoms with Gasteiger partial charge < -0.3 is 10.2 Å². The fourth-order valence-electron chi connectivity index (χ4n) is 3.63. The van der Waals surface area contributed by atoms with Gasteiger partial charge in [-0.2, -0.15) is 0 Å². The molecule has 0 aromatic carbocycles. The van der Waals surface area contributed by atoms with Gasteiger partial charge in [-0.25, -0.2) is 0 Å². The standard InChI is InChI=1S/C15H31N3/c1-13(11-16-15-7-4-5-8-15)18-10-6-9-17(3)12-14(18)2/h13-16H,4-12H2,1-3H3. The fraction of sp³-hybridized carbons (Fsp3) is 1.00. The molecule has 106 valence electrons. The minimum Gasteiger partial charge on any atom is -0.312 e. The Morgan fingerprint density at radius 3 is 2.61 bits per heavy atom. The van der Waals surface area contributed by atoms with Gasteiger partial charge in [-0.05, 0) is 46.7 Å². The van der Waals surface area contributed by atoms with Gasteiger partial charge in [-0.1, -0.05) is 12.8 Å². The highest BCUT2D eigenvalue weighted by atomic mass is 15.3. The first-order valence-corrected chi connectivity index (χ1v) is 7.84. The molecule has 18 heavy (non-hydrogen) atoms. The second kappa shape index (κ2) is 6.88. The smallest absolute Gasteiger partial charge is 0.0198 e. The van der Waals surface area contributed by atoms with E-state index in [0.717, 1.165) is 6.04 Å². The van der Waals surface area contributed by atoms with Crippen LogP contribution in [0.3, 0.4) is 0 Å². The molecule has 3 heteroatoms. The molecule has 0 aromatic heterocycles. The number of nitrogens with zero attached hydrogens (tertiary/aromatic N) is 2. The molecule has 1 saturated heterocycles. The van der Waals surface area contributed by atoms with Crippen molar-refractivity contribution in [3.63, 3.8) is 0 Å². The molecule has 0 radical (unpaired) electrons. The summed E-state index contributed by atoms with van der Waals surface area (Å²) in [7, 11) is 2.25. The van der Waals surface area contributed by atoms with Crippen LogP contribution in [-0.2, 0) is 0 Å². The lowest BCUT2D eigenvalue weighted by Crippen LogP contribution is -2.48. The van der Waals surface area contributed by atoms with Crippen molar-refractivity contribution >= 4 is 0 Å². The van der Waals surface area contributed by atoms with Gasteiger partial charge in [0.1, 0.15) is 0 Å². The number of nitrogens with one attached hydrogen (secondary N) is 1. The predicted octanol–water partition coefficient (Wildman–Crippen LogP) is 1.93. The molecule has 1 aliphatic carbocycles. The monoisotopic (exact) mass is 253 g/mol. The van der Waals surface area contributed by atoms with Crippen molar-refractivity contribution in [2.24, 2.45) is 0 Å². The van der Waals surface area contributed by atoms with Crippen molar-refractivity contribution in [1.29, 1.82) is 0 Å². The summed E-state index contributed by atoms with van der Waals surface area (Å²) in [6.07, 6.45) is 6.96. The van der Waals surface area contributed by atoms with Crippen LogP contribution < -0.4 is 5.32 Å². The Morgan fingerprint density at radius 1 is 1.17 bits per heavy atom. The van der Waals surface area contributed by atoms with Crippen molar-refractivity contribution in [2.75, 3.05) is 33.2 Å². The van der Waals surface area contributed by atoms with Gasteiger partial charge in [0.25, 0.3) is 0 Å². The van der Waals surface area contributed by atoms with E-state index in [1.54, 1.807) is 0 Å². The molecule has 1 heterocycles. The molecule has 0 bridgehead atoms. The maximum Gasteiger partial charge on any atom is 0.0198 e. The van der Waals surface area contributed by atoms with Crippen molar-refractivity contribution in [1.82, 2.24) is 15.1 Å². The lowest BCUT2D eigenvalue weighted by molar-refractivity contribution is 0.147. The highest BCUT2D eigenvalue weighted by Crippen LogP contribution is 2.18. The summed E-state index contributed by atoms with van der Waals surface area (Å²) in [5.74, 6) is 0. The van der Waals surface area contributed by atoms with Crippen LogP contribution in [-0.4, -0.2) is 61.2 Å². The van der Waals surface area contributed by atoms with E-state index < -0.39 is 0 Å². The predicted molar refractivity (Wildman–Crippen MR) is 78.0 cm³/mol. The molecule has 0 aromatic rings. The molecule has 2 fully saturated rings. The van der Waals surface area contributed by atoms with Crippen LogP contribution in [0.5, 0.6) is 0 Å². The highest BCUT2D eigenvalue weighted by Gasteiger charge is 2.24. The zero-order valence-corrected chi connectivity index (χ0v) is 12.5. The molecule has 3 nitrogen and oxygen atoms in total. The molecule has 0 spiro atoms. The topological polar surface area (TPSA) is 18.5 Å². The van der Waals surface area contributed by atoms with E-state index in [4.69, 9.17) is 0 Å². The van der Waals surface area contributed by atoms with Crippen LogP contribution in [0.1, 0.15) is 46.0 Å². The zero-order chi connectivity index (χ0) is 13.0. The third-order valence-corrected chi connectivity index (χ3v) is 4.72. The van der Waals surface area contributed by atoms with E-state index >= 15 is 0 Å². The van der Waals surface area contributed by atoms with Gasteiger partial charge in [0.05, 0.1) is 0 Å². The summed E-state index contributed by atoms with van der Waals surface area (Å²) in [6.45, 7) is 9.67. The van der Waals surface area contributed by atoms with Gasteiger partial charge in [-0.15, -0.1) is 0 Å². The van der Waals surface area contributed by atoms with E-state index in [1.807, 2.05) is 0 Å². The SMILES string of the molecule is CC(CNC1CCCC1)N1CCCN(C)CC1C. The van der Waals surface area contributed by atoms with Gasteiger partial charge in [0, 0.05) is 37.8 Å². The zero-order valence-electron chi connectivity index (χ0n) is 12.5. The van der Waals surface area contributed by atoms with E-state index in [9.17, 15) is 0 Å². The highest BCUT2D eigenvalue weighted by molar-refractivity contribution is 4.82. The lowest BCUT2D eigenvalue weighted by atomic mass is 10.1. The summed E-state index contributed by atoms with van der Waals surface area (Å²) in [5, 5.41) is 3.78. The van der Waals surface area contributed by atoms with Crippen LogP contribution in [0, 0.1) is 0 Å². The van der Waals surface area contributed by atoms with Gasteiger partial charge in [-0.3, -0.25) is 4.90 Å². The molecular formula is C15H31N3. The fourth-order valence-corrected chi connectivity index (χ4v) is 3.63. The number of hydrogen-bond donors (Lipinski definition) is 1. The minimum atomic E-state index is 0.673. The second-order valence-electron chi connectivity index (χ2n) is 6.44. The second-order valence-corrected chi connectivity index (χ2v) is 6.44. The first kappa shape index (κ1) is 14.3. The normalized spacial score (nSPS) is 30.5. The number of likely N-dealkylation sites (N-methyl/N-ethyl adjacent to an activating group) is 1. The number of rotatable bonds is 4. The average Bonchev–Trinajstić information content (AvgIpc) is 2.78. The maximum absolute atomic E-state index is 3.78. The van der Waals surface area contributed by atoms with Gasteiger partial charge in [0.2, 0.25) is 0 Å². The Bertz CT molecular complexity index is 238. The van der Waals surface area contributed by atoms with E-state index in [0.29, 0.717) is 12.1 Å². The average molecular weight is 253 g/mol. The first-order chi connectivity index (χ1) is 8.66. The van der Waals surface area contributed by atoms with Gasteiger partial charge >= 0.3 is 0 Å². The molecular weight excluding hydrogens is 222 g/mol. The van der Waals surface area contributed by atoms with Gasteiger partial charge in [0.15, 0.2) is 0 Å². The van der Waals surface area contributed by atoms with Crippen LogP contribution >= 0.6 is 0 Å². The molecule has 1 aliphatic heterocycles. The van der Waals surface area contributed by atoms with Crippen molar-refractivity contribution in [2.45, 2.75) is 64.1 Å². The molecule has 2 aliphatic rings. The van der Waals surface area contributed by atoms with Crippen LogP contribution in [0.25, 0.3) is 0 Å². The summed E-state index contributed by atoms with van der Waals surface area (Å²) >= 11 is 0. The third kappa shape index (κ3) is 3.94. The maximum atomic E-state index is 3.78. The van der Waals surface area contributed by atoms with Crippen molar-refractivity contribution in [3.8, 4) is 0 Å². The molecule has 2 rings (SSSR count). The van der Waals surface area contributed by atoms with E-state index in [1.165, 1.54) is 58.3 Å². The van der Waals surface area contributed by atoms with Crippen molar-refractivity contribution < 1.29 is 0 Å². The van der Waals surface area contributed by atoms with E-state index in [2.05, 4.69) is 36.0 Å². The summed E-state index contributed by atoms with van der Waals surface area (Å²) in [5.41, 5.74) is 0. The molecule has 2 atom stereocenters. The van der Waals surface area contributed by atoms with Crippen LogP contribution in [0.15, 0.2) is 0 Å². The minimum absolute atomic E-state index is 0.673. The third-order valence-electron chi connectivity index (χ3n) is 4.72. The quantitative estimate of drug-likeness (QED) is 0.826. The van der Waals surface area contributed by atoms with Crippen molar-refractivity contribution in [3.05, 3.63) is 0 Å². The van der Waals surface area contributed by atoms with Crippen LogP contribution in [0.2, 0.25) is 0 Å². The molecule has 2 unspecified atom stereocenters. The van der Waals surface area contributed by atoms with Crippen LogP contribution in [0.4, 0.5) is 0 Å². The largest absolute Gasteiger partial charge is 0.312 e. The summed E-state index contributed by atoms with van der Waals surface area (Å²) in [4.78, 5) is 5.17. The lowest BCUT2D eigenvalue weighted by Gasteiger charge is -2.34. The Labute approximate surface area is 113 Å².